The summed E-state index contributed by atoms with van der Waals surface area (Å²) in [5, 5.41) is 8.43. The van der Waals surface area contributed by atoms with E-state index < -0.39 is 22.6 Å². The van der Waals surface area contributed by atoms with Gasteiger partial charge in [-0.2, -0.15) is 4.83 Å². The first-order chi connectivity index (χ1) is 21.2. The molecule has 2 N–H and O–H groups in total. The summed E-state index contributed by atoms with van der Waals surface area (Å²) in [6.07, 6.45) is 6.52. The molecule has 1 aliphatic carbocycles. The number of hydrogen-bond acceptors (Lipinski definition) is 10. The van der Waals surface area contributed by atoms with E-state index >= 15 is 4.39 Å². The predicted molar refractivity (Wildman–Crippen MR) is 178 cm³/mol. The minimum Gasteiger partial charge on any atom is -0.365 e. The number of piperazine rings is 2. The third-order valence-corrected chi connectivity index (χ3v) is 11.5. The van der Waals surface area contributed by atoms with Crippen LogP contribution in [0.2, 0.25) is 10.0 Å². The lowest BCUT2D eigenvalue weighted by atomic mass is 9.94. The van der Waals surface area contributed by atoms with Gasteiger partial charge in [-0.05, 0) is 31.0 Å². The van der Waals surface area contributed by atoms with Crippen LogP contribution in [-0.4, -0.2) is 87.6 Å². The zero-order valence-corrected chi connectivity index (χ0v) is 28.0. The third-order valence-electron chi connectivity index (χ3n) is 8.42. The lowest BCUT2D eigenvalue weighted by molar-refractivity contribution is 0.102. The van der Waals surface area contributed by atoms with E-state index in [0.717, 1.165) is 41.8 Å². The van der Waals surface area contributed by atoms with E-state index in [4.69, 9.17) is 28.2 Å². The standard InChI is InChI=1S/C28H34Cl2FN7O3S3/c29-19-16-23(42-17-19)24-27(37-8-6-35(7-9-37)20-4-2-1-3-5-20)43-28(32-24)33-26(39)18-14-21(30)25(22(31)15-18)36-10-12-38(13-11-36)34-44(40)41/h14-17,20,44H,1-13H2,(H,32,33,39)(H,34,40,41). The number of anilines is 3. The van der Waals surface area contributed by atoms with Gasteiger partial charge in [-0.25, -0.2) is 22.8 Å². The average Bonchev–Trinajstić information content (AvgIpc) is 3.64. The van der Waals surface area contributed by atoms with Crippen molar-refractivity contribution in [1.29, 1.82) is 0 Å². The molecule has 44 heavy (non-hydrogen) atoms. The van der Waals surface area contributed by atoms with Gasteiger partial charge in [0.25, 0.3) is 5.91 Å². The molecular formula is C28H34Cl2FN7O3S3. The summed E-state index contributed by atoms with van der Waals surface area (Å²) in [6.45, 7) is 5.18. The number of thiazole rings is 1. The second-order valence-corrected chi connectivity index (χ2v) is 14.6. The molecule has 2 aromatic heterocycles. The van der Waals surface area contributed by atoms with Crippen molar-refractivity contribution in [2.75, 3.05) is 67.5 Å². The van der Waals surface area contributed by atoms with Crippen molar-refractivity contribution in [2.45, 2.75) is 38.1 Å². The molecule has 1 saturated carbocycles. The zero-order chi connectivity index (χ0) is 30.8. The normalized spacial score (nSPS) is 19.2. The Labute approximate surface area is 275 Å². The highest BCUT2D eigenvalue weighted by molar-refractivity contribution is 7.70. The molecule has 16 heteroatoms. The number of carbonyl (C=O) groups excluding carboxylic acids is 1. The summed E-state index contributed by atoms with van der Waals surface area (Å²) in [4.78, 5) is 28.1. The molecule has 4 heterocycles. The highest BCUT2D eigenvalue weighted by Crippen LogP contribution is 2.42. The number of carbonyl (C=O) groups is 1. The van der Waals surface area contributed by atoms with E-state index in [0.29, 0.717) is 42.4 Å². The fraction of sp³-hybridized carbons (Fsp3) is 0.500. The van der Waals surface area contributed by atoms with Gasteiger partial charge >= 0.3 is 0 Å². The molecular weight excluding hydrogens is 668 g/mol. The van der Waals surface area contributed by atoms with Gasteiger partial charge in [0.15, 0.2) is 5.13 Å². The van der Waals surface area contributed by atoms with Crippen molar-refractivity contribution in [3.05, 3.63) is 45.0 Å². The monoisotopic (exact) mass is 701 g/mol. The minimum atomic E-state index is -2.76. The summed E-state index contributed by atoms with van der Waals surface area (Å²) in [5.41, 5.74) is 1.05. The van der Waals surface area contributed by atoms with Gasteiger partial charge in [0.2, 0.25) is 10.9 Å². The smallest absolute Gasteiger partial charge is 0.257 e. The molecule has 0 unspecified atom stereocenters. The van der Waals surface area contributed by atoms with Crippen molar-refractivity contribution in [3.8, 4) is 10.6 Å². The van der Waals surface area contributed by atoms with Gasteiger partial charge in [-0.1, -0.05) is 53.8 Å². The van der Waals surface area contributed by atoms with Gasteiger partial charge in [0, 0.05) is 69.3 Å². The fourth-order valence-electron chi connectivity index (χ4n) is 6.23. The van der Waals surface area contributed by atoms with E-state index in [1.165, 1.54) is 66.9 Å². The number of thiophene rings is 1. The van der Waals surface area contributed by atoms with Crippen LogP contribution in [0.1, 0.15) is 42.5 Å². The van der Waals surface area contributed by atoms with Crippen LogP contribution in [0, 0.1) is 5.82 Å². The summed E-state index contributed by atoms with van der Waals surface area (Å²) in [5.74, 6) is -1.13. The number of rotatable bonds is 8. The van der Waals surface area contributed by atoms with Crippen LogP contribution in [-0.2, 0) is 10.9 Å². The molecule has 0 atom stereocenters. The van der Waals surface area contributed by atoms with E-state index in [9.17, 15) is 13.2 Å². The van der Waals surface area contributed by atoms with Crippen LogP contribution in [0.4, 0.5) is 20.2 Å². The Balaban J connectivity index is 1.17. The molecule has 1 aromatic carbocycles. The molecule has 6 rings (SSSR count). The van der Waals surface area contributed by atoms with E-state index in [-0.39, 0.29) is 16.3 Å². The highest BCUT2D eigenvalue weighted by atomic mass is 35.5. The maximum absolute atomic E-state index is 15.3. The first-order valence-corrected chi connectivity index (χ1v) is 18.3. The van der Waals surface area contributed by atoms with Crippen LogP contribution in [0.3, 0.4) is 0 Å². The van der Waals surface area contributed by atoms with E-state index in [1.807, 2.05) is 11.4 Å². The van der Waals surface area contributed by atoms with Crippen LogP contribution < -0.4 is 19.9 Å². The fourth-order valence-corrected chi connectivity index (χ4v) is 9.14. The molecule has 2 aliphatic heterocycles. The minimum absolute atomic E-state index is 0.0819. The maximum Gasteiger partial charge on any atom is 0.257 e. The lowest BCUT2D eigenvalue weighted by Crippen LogP contribution is -2.51. The molecule has 3 aromatic rings. The van der Waals surface area contributed by atoms with E-state index in [1.54, 1.807) is 9.91 Å². The first kappa shape index (κ1) is 31.9. The van der Waals surface area contributed by atoms with Crippen LogP contribution in [0.25, 0.3) is 10.6 Å². The SMILES string of the molecule is O=C(Nc1nc(-c2cc(Cl)cs2)c(N2CCN(C3CCCCC3)CC2)s1)c1cc(F)c(N2CCN(N[SH](=O)=O)CC2)c(Cl)c1. The third kappa shape index (κ3) is 7.33. The van der Waals surface area contributed by atoms with Gasteiger partial charge in [-0.3, -0.25) is 15.0 Å². The van der Waals surface area contributed by atoms with Crippen LogP contribution >= 0.6 is 45.9 Å². The quantitative estimate of drug-likeness (QED) is 0.277. The molecule has 3 fully saturated rings. The number of hydrogen-bond donors (Lipinski definition) is 3. The summed E-state index contributed by atoms with van der Waals surface area (Å²) >= 11 is 15.7. The Bertz CT molecular complexity index is 1530. The van der Waals surface area contributed by atoms with Gasteiger partial charge < -0.3 is 9.80 Å². The van der Waals surface area contributed by atoms with Crippen molar-refractivity contribution >= 4 is 78.5 Å². The Kier molecular flexibility index (Phi) is 10.3. The number of nitrogens with zero attached hydrogens (tertiary/aromatic N) is 5. The molecule has 10 nitrogen and oxygen atoms in total. The largest absolute Gasteiger partial charge is 0.365 e. The van der Waals surface area contributed by atoms with Crippen molar-refractivity contribution < 1.29 is 17.6 Å². The maximum atomic E-state index is 15.3. The molecule has 3 aliphatic rings. The Morgan fingerprint density at radius 3 is 2.30 bits per heavy atom. The molecule has 238 valence electrons. The van der Waals surface area contributed by atoms with Crippen LogP contribution in [0.5, 0.6) is 0 Å². The Hall–Kier alpha value is -2.04. The van der Waals surface area contributed by atoms with Gasteiger partial charge in [-0.15, -0.1) is 11.3 Å². The van der Waals surface area contributed by atoms with E-state index in [2.05, 4.69) is 19.9 Å². The van der Waals surface area contributed by atoms with Gasteiger partial charge in [0.05, 0.1) is 20.6 Å². The Morgan fingerprint density at radius 2 is 1.66 bits per heavy atom. The van der Waals surface area contributed by atoms with Crippen molar-refractivity contribution in [2.24, 2.45) is 0 Å². The number of thiol groups is 1. The van der Waals surface area contributed by atoms with Gasteiger partial charge in [0.1, 0.15) is 16.5 Å². The summed E-state index contributed by atoms with van der Waals surface area (Å²) in [7, 11) is -2.76. The highest BCUT2D eigenvalue weighted by Gasteiger charge is 2.29. The second kappa shape index (κ2) is 14.2. The number of aromatic nitrogens is 1. The van der Waals surface area contributed by atoms with Crippen molar-refractivity contribution in [3.63, 3.8) is 0 Å². The Morgan fingerprint density at radius 1 is 0.955 bits per heavy atom. The molecule has 0 radical (unpaired) electrons. The topological polar surface area (TPSA) is 101 Å². The number of nitrogens with one attached hydrogen (secondary N) is 2. The number of benzene rings is 1. The molecule has 2 saturated heterocycles. The average molecular weight is 703 g/mol. The zero-order valence-electron chi connectivity index (χ0n) is 23.9. The number of halogens is 3. The lowest BCUT2D eigenvalue weighted by Gasteiger charge is -2.41. The first-order valence-electron chi connectivity index (χ1n) is 14.7. The molecule has 0 spiro atoms. The number of amides is 1. The predicted octanol–water partition coefficient (Wildman–Crippen LogP) is 5.18. The second-order valence-electron chi connectivity index (χ2n) is 11.2. The summed E-state index contributed by atoms with van der Waals surface area (Å²) < 4.78 is 37.2. The van der Waals surface area contributed by atoms with Crippen LogP contribution in [0.15, 0.2) is 23.6 Å². The molecule has 1 amide bonds. The summed E-state index contributed by atoms with van der Waals surface area (Å²) in [6, 6.07) is 5.19. The molecule has 0 bridgehead atoms. The van der Waals surface area contributed by atoms with Crippen molar-refractivity contribution in [1.82, 2.24) is 19.7 Å². The number of hydrazine groups is 1.